The zero-order valence-electron chi connectivity index (χ0n) is 21.8. The van der Waals surface area contributed by atoms with Gasteiger partial charge in [0.1, 0.15) is 11.0 Å². The van der Waals surface area contributed by atoms with Crippen LogP contribution in [0.25, 0.3) is 10.2 Å². The number of thiazole rings is 1. The van der Waals surface area contributed by atoms with E-state index in [1.807, 2.05) is 34.0 Å². The number of anilines is 1. The fourth-order valence-corrected chi connectivity index (χ4v) is 5.94. The van der Waals surface area contributed by atoms with E-state index in [1.54, 1.807) is 29.5 Å². The van der Waals surface area contributed by atoms with Gasteiger partial charge in [-0.1, -0.05) is 6.07 Å². The van der Waals surface area contributed by atoms with Crippen LogP contribution in [0.2, 0.25) is 0 Å². The van der Waals surface area contributed by atoms with Crippen LogP contribution in [0.5, 0.6) is 0 Å². The first kappa shape index (κ1) is 25.8. The Hall–Kier alpha value is -3.83. The van der Waals surface area contributed by atoms with Crippen LogP contribution in [0.15, 0.2) is 36.4 Å². The number of imide groups is 1. The van der Waals surface area contributed by atoms with Gasteiger partial charge in [0.05, 0.1) is 15.8 Å². The van der Waals surface area contributed by atoms with Gasteiger partial charge in [-0.05, 0) is 75.8 Å². The SMILES string of the molecule is CN(C)Cc1ccc2nc(C(C)(C)NC(=O)Nc3ccc4c(c3)CN(C3CCC(=O)NC3=O)C4=O)sc2c1. The van der Waals surface area contributed by atoms with Crippen molar-refractivity contribution in [2.24, 2.45) is 0 Å². The Morgan fingerprint density at radius 3 is 2.71 bits per heavy atom. The summed E-state index contributed by atoms with van der Waals surface area (Å²) in [5.41, 5.74) is 3.12. The Morgan fingerprint density at radius 2 is 1.97 bits per heavy atom. The van der Waals surface area contributed by atoms with Gasteiger partial charge >= 0.3 is 6.03 Å². The molecule has 38 heavy (non-hydrogen) atoms. The predicted octanol–water partition coefficient (Wildman–Crippen LogP) is 3.18. The molecule has 2 aliphatic rings. The average Bonchev–Trinajstić information content (AvgIpc) is 3.40. The molecule has 0 radical (unpaired) electrons. The molecule has 1 fully saturated rings. The van der Waals surface area contributed by atoms with Crippen molar-refractivity contribution in [3.63, 3.8) is 0 Å². The summed E-state index contributed by atoms with van der Waals surface area (Å²) in [5.74, 6) is -1.03. The number of nitrogens with one attached hydrogen (secondary N) is 3. The smallest absolute Gasteiger partial charge is 0.319 e. The Bertz CT molecular complexity index is 1460. The number of aromatic nitrogens is 1. The van der Waals surface area contributed by atoms with Crippen LogP contribution in [0.1, 0.15) is 53.2 Å². The number of carbonyl (C=O) groups is 4. The van der Waals surface area contributed by atoms with E-state index < -0.39 is 23.5 Å². The Balaban J connectivity index is 1.26. The second-order valence-electron chi connectivity index (χ2n) is 10.5. The highest BCUT2D eigenvalue weighted by Gasteiger charge is 2.39. The Kier molecular flexibility index (Phi) is 6.66. The summed E-state index contributed by atoms with van der Waals surface area (Å²) < 4.78 is 1.07. The molecule has 198 valence electrons. The molecule has 3 heterocycles. The van der Waals surface area contributed by atoms with Crippen LogP contribution in [-0.2, 0) is 28.2 Å². The van der Waals surface area contributed by atoms with E-state index in [0.717, 1.165) is 27.3 Å². The first-order chi connectivity index (χ1) is 18.0. The van der Waals surface area contributed by atoms with E-state index in [0.29, 0.717) is 17.7 Å². The fourth-order valence-electron chi connectivity index (χ4n) is 4.85. The molecule has 0 spiro atoms. The number of hydrogen-bond donors (Lipinski definition) is 3. The lowest BCUT2D eigenvalue weighted by molar-refractivity contribution is -0.136. The maximum Gasteiger partial charge on any atom is 0.319 e. The number of benzene rings is 2. The van der Waals surface area contributed by atoms with Crippen molar-refractivity contribution < 1.29 is 19.2 Å². The van der Waals surface area contributed by atoms with Crippen LogP contribution >= 0.6 is 11.3 Å². The minimum atomic E-state index is -0.718. The lowest BCUT2D eigenvalue weighted by Crippen LogP contribution is -2.52. The molecule has 5 amide bonds. The topological polar surface area (TPSA) is 124 Å². The van der Waals surface area contributed by atoms with Crippen molar-refractivity contribution in [1.82, 2.24) is 25.4 Å². The second-order valence-corrected chi connectivity index (χ2v) is 11.6. The maximum absolute atomic E-state index is 12.9. The molecule has 5 rings (SSSR count). The third-order valence-electron chi connectivity index (χ3n) is 6.69. The van der Waals surface area contributed by atoms with Crippen molar-refractivity contribution in [3.05, 3.63) is 58.1 Å². The first-order valence-electron chi connectivity index (χ1n) is 12.4. The van der Waals surface area contributed by atoms with E-state index in [1.165, 1.54) is 10.5 Å². The van der Waals surface area contributed by atoms with Gasteiger partial charge in [0.15, 0.2) is 0 Å². The summed E-state index contributed by atoms with van der Waals surface area (Å²) >= 11 is 1.56. The van der Waals surface area contributed by atoms with E-state index in [2.05, 4.69) is 33.0 Å². The zero-order valence-corrected chi connectivity index (χ0v) is 22.6. The summed E-state index contributed by atoms with van der Waals surface area (Å²) in [4.78, 5) is 57.9. The molecule has 0 aliphatic carbocycles. The molecule has 1 saturated heterocycles. The van der Waals surface area contributed by atoms with Crippen molar-refractivity contribution in [2.75, 3.05) is 19.4 Å². The standard InChI is InChI=1S/C27H30N6O4S/c1-27(2,25-29-19-8-5-15(13-32(3)4)11-21(19)38-25)31-26(37)28-17-6-7-18-16(12-17)14-33(24(18)36)20-9-10-22(34)30-23(20)35/h5-8,11-12,20H,9-10,13-14H2,1-4H3,(H2,28,31,37)(H,30,34,35). The van der Waals surface area contributed by atoms with Crippen molar-refractivity contribution in [3.8, 4) is 0 Å². The third-order valence-corrected chi connectivity index (χ3v) is 8.04. The molecule has 1 aromatic heterocycles. The van der Waals surface area contributed by atoms with Gasteiger partial charge in [-0.15, -0.1) is 11.3 Å². The number of fused-ring (bicyclic) bond motifs is 2. The highest BCUT2D eigenvalue weighted by molar-refractivity contribution is 7.18. The summed E-state index contributed by atoms with van der Waals surface area (Å²) in [6, 6.07) is 10.2. The van der Waals surface area contributed by atoms with Crippen LogP contribution in [0.4, 0.5) is 10.5 Å². The van der Waals surface area contributed by atoms with Crippen LogP contribution < -0.4 is 16.0 Å². The molecular weight excluding hydrogens is 504 g/mol. The number of nitrogens with zero attached hydrogens (tertiary/aromatic N) is 3. The van der Waals surface area contributed by atoms with Crippen molar-refractivity contribution in [2.45, 2.75) is 51.4 Å². The Morgan fingerprint density at radius 1 is 1.18 bits per heavy atom. The van der Waals surface area contributed by atoms with Gasteiger partial charge in [-0.3, -0.25) is 19.7 Å². The zero-order chi connectivity index (χ0) is 27.2. The predicted molar refractivity (Wildman–Crippen MR) is 145 cm³/mol. The fraction of sp³-hybridized carbons (Fsp3) is 0.370. The first-order valence-corrected chi connectivity index (χ1v) is 13.2. The normalized spacial score (nSPS) is 17.7. The highest BCUT2D eigenvalue weighted by atomic mass is 32.1. The lowest BCUT2D eigenvalue weighted by Gasteiger charge is -2.29. The molecular formula is C27H30N6O4S. The highest BCUT2D eigenvalue weighted by Crippen LogP contribution is 2.32. The minimum Gasteiger partial charge on any atom is -0.326 e. The molecule has 1 unspecified atom stereocenters. The second kappa shape index (κ2) is 9.80. The molecule has 3 aromatic rings. The molecule has 11 heteroatoms. The summed E-state index contributed by atoms with van der Waals surface area (Å²) in [7, 11) is 4.06. The number of piperidine rings is 1. The average molecular weight is 535 g/mol. The maximum atomic E-state index is 12.9. The van der Waals surface area contributed by atoms with Gasteiger partial charge in [0, 0.05) is 30.8 Å². The minimum absolute atomic E-state index is 0.200. The monoisotopic (exact) mass is 534 g/mol. The summed E-state index contributed by atoms with van der Waals surface area (Å²) in [6.45, 7) is 4.89. The van der Waals surface area contributed by atoms with E-state index in [4.69, 9.17) is 4.98 Å². The number of hydrogen-bond acceptors (Lipinski definition) is 7. The number of rotatable bonds is 6. The van der Waals surface area contributed by atoms with Crippen molar-refractivity contribution >= 4 is 51.0 Å². The van der Waals surface area contributed by atoms with Gasteiger partial charge in [0.2, 0.25) is 11.8 Å². The molecule has 10 nitrogen and oxygen atoms in total. The molecule has 1 atom stereocenters. The largest absolute Gasteiger partial charge is 0.326 e. The van der Waals surface area contributed by atoms with Gasteiger partial charge < -0.3 is 20.4 Å². The molecule has 2 aromatic carbocycles. The number of urea groups is 1. The quantitative estimate of drug-likeness (QED) is 0.418. The molecule has 2 aliphatic heterocycles. The van der Waals surface area contributed by atoms with Crippen LogP contribution in [0.3, 0.4) is 0 Å². The van der Waals surface area contributed by atoms with Crippen molar-refractivity contribution in [1.29, 1.82) is 0 Å². The summed E-state index contributed by atoms with van der Waals surface area (Å²) in [5, 5.41) is 8.95. The number of amides is 5. The molecule has 0 saturated carbocycles. The van der Waals surface area contributed by atoms with Crippen LogP contribution in [-0.4, -0.2) is 58.7 Å². The molecule has 3 N–H and O–H groups in total. The number of carbonyl (C=O) groups excluding carboxylic acids is 4. The van der Waals surface area contributed by atoms with E-state index >= 15 is 0 Å². The molecule has 0 bridgehead atoms. The third kappa shape index (κ3) is 5.11. The lowest BCUT2D eigenvalue weighted by atomic mass is 10.0. The van der Waals surface area contributed by atoms with Gasteiger partial charge in [-0.25, -0.2) is 9.78 Å². The summed E-state index contributed by atoms with van der Waals surface area (Å²) in [6.07, 6.45) is 0.501. The van der Waals surface area contributed by atoms with E-state index in [-0.39, 0.29) is 24.8 Å². The van der Waals surface area contributed by atoms with Crippen LogP contribution in [0, 0.1) is 0 Å². The van der Waals surface area contributed by atoms with E-state index in [9.17, 15) is 19.2 Å². The van der Waals surface area contributed by atoms with Gasteiger partial charge in [0.25, 0.3) is 5.91 Å². The van der Waals surface area contributed by atoms with Gasteiger partial charge in [-0.2, -0.15) is 0 Å². The Labute approximate surface area is 224 Å².